The standard InChI is InChI=1S/C13H17BrN2O4/c1-13(2,3)20-12(19)16-9(7-11(17)18)8-4-5-15-10(14)6-8/h4-6,9H,7H2,1-3H3,(H,16,19)(H,17,18)/t9-/m1/s1. The van der Waals surface area contributed by atoms with E-state index in [4.69, 9.17) is 9.84 Å². The topological polar surface area (TPSA) is 88.5 Å². The van der Waals surface area contributed by atoms with Gasteiger partial charge in [0.05, 0.1) is 12.5 Å². The molecule has 0 bridgehead atoms. The fourth-order valence-corrected chi connectivity index (χ4v) is 1.89. The first-order chi connectivity index (χ1) is 9.17. The molecule has 0 saturated carbocycles. The molecule has 6 nitrogen and oxygen atoms in total. The fraction of sp³-hybridized carbons (Fsp3) is 0.462. The average Bonchev–Trinajstić information content (AvgIpc) is 2.24. The van der Waals surface area contributed by atoms with E-state index in [1.807, 2.05) is 0 Å². The molecule has 1 aromatic heterocycles. The molecule has 1 amide bonds. The van der Waals surface area contributed by atoms with Crippen LogP contribution in [0.5, 0.6) is 0 Å². The van der Waals surface area contributed by atoms with E-state index in [1.165, 1.54) is 6.20 Å². The first kappa shape index (κ1) is 16.4. The van der Waals surface area contributed by atoms with Crippen LogP contribution in [0.25, 0.3) is 0 Å². The lowest BCUT2D eigenvalue weighted by Crippen LogP contribution is -2.35. The van der Waals surface area contributed by atoms with Gasteiger partial charge in [-0.3, -0.25) is 4.79 Å². The third-order valence-electron chi connectivity index (χ3n) is 2.22. The largest absolute Gasteiger partial charge is 0.481 e. The minimum Gasteiger partial charge on any atom is -0.481 e. The molecule has 110 valence electrons. The van der Waals surface area contributed by atoms with Crippen molar-refractivity contribution in [3.63, 3.8) is 0 Å². The molecule has 0 aliphatic carbocycles. The number of nitrogens with zero attached hydrogens (tertiary/aromatic N) is 1. The summed E-state index contributed by atoms with van der Waals surface area (Å²) >= 11 is 3.21. The first-order valence-corrected chi connectivity index (χ1v) is 6.79. The number of ether oxygens (including phenoxy) is 1. The minimum absolute atomic E-state index is 0.240. The summed E-state index contributed by atoms with van der Waals surface area (Å²) in [4.78, 5) is 26.6. The van der Waals surface area contributed by atoms with Gasteiger partial charge >= 0.3 is 12.1 Å². The molecular formula is C13H17BrN2O4. The minimum atomic E-state index is -1.01. The van der Waals surface area contributed by atoms with Crippen LogP contribution < -0.4 is 5.32 Å². The Kier molecular flexibility index (Phi) is 5.50. The van der Waals surface area contributed by atoms with Crippen LogP contribution in [0.2, 0.25) is 0 Å². The number of hydrogen-bond acceptors (Lipinski definition) is 4. The number of carbonyl (C=O) groups is 2. The number of halogens is 1. The Morgan fingerprint density at radius 1 is 1.50 bits per heavy atom. The Morgan fingerprint density at radius 3 is 2.65 bits per heavy atom. The predicted molar refractivity (Wildman–Crippen MR) is 76.3 cm³/mol. The lowest BCUT2D eigenvalue weighted by Gasteiger charge is -2.23. The highest BCUT2D eigenvalue weighted by Gasteiger charge is 2.22. The summed E-state index contributed by atoms with van der Waals surface area (Å²) in [5, 5.41) is 11.5. The maximum atomic E-state index is 11.8. The summed E-state index contributed by atoms with van der Waals surface area (Å²) in [5.41, 5.74) is -0.00317. The molecule has 0 spiro atoms. The van der Waals surface area contributed by atoms with Crippen LogP contribution in [-0.4, -0.2) is 27.8 Å². The number of nitrogens with one attached hydrogen (secondary N) is 1. The molecule has 0 unspecified atom stereocenters. The van der Waals surface area contributed by atoms with Crippen LogP contribution in [0, 0.1) is 0 Å². The van der Waals surface area contributed by atoms with E-state index < -0.39 is 23.7 Å². The number of rotatable bonds is 4. The molecule has 2 N–H and O–H groups in total. The molecule has 0 radical (unpaired) electrons. The molecule has 0 aliphatic rings. The smallest absolute Gasteiger partial charge is 0.408 e. The third kappa shape index (κ3) is 6.01. The normalized spacial score (nSPS) is 12.6. The molecular weight excluding hydrogens is 328 g/mol. The summed E-state index contributed by atoms with van der Waals surface area (Å²) in [6, 6.07) is 2.63. The van der Waals surface area contributed by atoms with Gasteiger partial charge in [-0.1, -0.05) is 0 Å². The van der Waals surface area contributed by atoms with Crippen molar-refractivity contribution >= 4 is 28.0 Å². The highest BCUT2D eigenvalue weighted by Crippen LogP contribution is 2.20. The summed E-state index contributed by atoms with van der Waals surface area (Å²) in [7, 11) is 0. The van der Waals surface area contributed by atoms with Gasteiger partial charge in [0.2, 0.25) is 0 Å². The summed E-state index contributed by atoms with van der Waals surface area (Å²) in [6.07, 6.45) is 0.637. The van der Waals surface area contributed by atoms with Gasteiger partial charge in [-0.15, -0.1) is 0 Å². The van der Waals surface area contributed by atoms with E-state index >= 15 is 0 Å². The van der Waals surface area contributed by atoms with Gasteiger partial charge < -0.3 is 15.2 Å². The van der Waals surface area contributed by atoms with Crippen LogP contribution in [0.4, 0.5) is 4.79 Å². The van der Waals surface area contributed by atoms with Crippen LogP contribution >= 0.6 is 15.9 Å². The Balaban J connectivity index is 2.85. The molecule has 7 heteroatoms. The molecule has 0 aromatic carbocycles. The van der Waals surface area contributed by atoms with Crippen LogP contribution in [0.1, 0.15) is 38.8 Å². The van der Waals surface area contributed by atoms with Crippen molar-refractivity contribution in [3.05, 3.63) is 28.5 Å². The van der Waals surface area contributed by atoms with Gasteiger partial charge in [-0.05, 0) is 54.4 Å². The number of aromatic nitrogens is 1. The summed E-state index contributed by atoms with van der Waals surface area (Å²) in [5.74, 6) is -1.01. The number of hydrogen-bond donors (Lipinski definition) is 2. The monoisotopic (exact) mass is 344 g/mol. The van der Waals surface area contributed by atoms with Crippen molar-refractivity contribution < 1.29 is 19.4 Å². The molecule has 1 heterocycles. The number of carboxylic acid groups (broad SMARTS) is 1. The van der Waals surface area contributed by atoms with Gasteiger partial charge in [0.1, 0.15) is 10.2 Å². The highest BCUT2D eigenvalue weighted by atomic mass is 79.9. The van der Waals surface area contributed by atoms with Crippen LogP contribution in [0.15, 0.2) is 22.9 Å². The number of alkyl carbamates (subject to hydrolysis) is 1. The molecule has 1 aromatic rings. The van der Waals surface area contributed by atoms with E-state index in [1.54, 1.807) is 32.9 Å². The SMILES string of the molecule is CC(C)(C)OC(=O)N[C@H](CC(=O)O)c1ccnc(Br)c1. The number of carboxylic acids is 1. The van der Waals surface area contributed by atoms with Crippen molar-refractivity contribution in [1.29, 1.82) is 0 Å². The van der Waals surface area contributed by atoms with E-state index in [0.717, 1.165) is 0 Å². The lowest BCUT2D eigenvalue weighted by atomic mass is 10.1. The predicted octanol–water partition coefficient (Wildman–Crippen LogP) is 2.88. The van der Waals surface area contributed by atoms with Crippen LogP contribution in [0.3, 0.4) is 0 Å². The number of aliphatic carboxylic acids is 1. The average molecular weight is 345 g/mol. The summed E-state index contributed by atoms with van der Waals surface area (Å²) in [6.45, 7) is 5.21. The maximum absolute atomic E-state index is 11.8. The maximum Gasteiger partial charge on any atom is 0.408 e. The zero-order valence-corrected chi connectivity index (χ0v) is 13.1. The Bertz CT molecular complexity index is 499. The van der Waals surface area contributed by atoms with Gasteiger partial charge in [-0.25, -0.2) is 9.78 Å². The third-order valence-corrected chi connectivity index (χ3v) is 2.66. The van der Waals surface area contributed by atoms with E-state index in [0.29, 0.717) is 10.2 Å². The zero-order valence-electron chi connectivity index (χ0n) is 11.5. The highest BCUT2D eigenvalue weighted by molar-refractivity contribution is 9.10. The Hall–Kier alpha value is -1.63. The molecule has 1 atom stereocenters. The van der Waals surface area contributed by atoms with Crippen molar-refractivity contribution in [1.82, 2.24) is 10.3 Å². The van der Waals surface area contributed by atoms with E-state index in [2.05, 4.69) is 26.2 Å². The van der Waals surface area contributed by atoms with Crippen molar-refractivity contribution in [3.8, 4) is 0 Å². The van der Waals surface area contributed by atoms with Crippen molar-refractivity contribution in [2.45, 2.75) is 38.8 Å². The number of carbonyl (C=O) groups excluding carboxylic acids is 1. The molecule has 0 aliphatic heterocycles. The second-order valence-electron chi connectivity index (χ2n) is 5.21. The summed E-state index contributed by atoms with van der Waals surface area (Å²) < 4.78 is 5.70. The van der Waals surface area contributed by atoms with Gasteiger partial charge in [0, 0.05) is 6.20 Å². The zero-order chi connectivity index (χ0) is 15.3. The van der Waals surface area contributed by atoms with Crippen molar-refractivity contribution in [2.24, 2.45) is 0 Å². The van der Waals surface area contributed by atoms with Gasteiger partial charge in [0.25, 0.3) is 0 Å². The lowest BCUT2D eigenvalue weighted by molar-refractivity contribution is -0.137. The number of amides is 1. The Labute approximate surface area is 125 Å². The fourth-order valence-electron chi connectivity index (χ4n) is 1.51. The van der Waals surface area contributed by atoms with E-state index in [9.17, 15) is 9.59 Å². The molecule has 0 fully saturated rings. The first-order valence-electron chi connectivity index (χ1n) is 6.00. The Morgan fingerprint density at radius 2 is 2.15 bits per heavy atom. The van der Waals surface area contributed by atoms with Crippen molar-refractivity contribution in [2.75, 3.05) is 0 Å². The second-order valence-corrected chi connectivity index (χ2v) is 6.02. The van der Waals surface area contributed by atoms with Gasteiger partial charge in [0.15, 0.2) is 0 Å². The molecule has 20 heavy (non-hydrogen) atoms. The van der Waals surface area contributed by atoms with E-state index in [-0.39, 0.29) is 6.42 Å². The molecule has 1 rings (SSSR count). The molecule has 0 saturated heterocycles. The quantitative estimate of drug-likeness (QED) is 0.819. The number of pyridine rings is 1. The van der Waals surface area contributed by atoms with Crippen LogP contribution in [-0.2, 0) is 9.53 Å². The second kappa shape index (κ2) is 6.69. The van der Waals surface area contributed by atoms with Gasteiger partial charge in [-0.2, -0.15) is 0 Å².